The van der Waals surface area contributed by atoms with Crippen molar-refractivity contribution in [3.63, 3.8) is 0 Å². The molecule has 0 saturated heterocycles. The fraction of sp³-hybridized carbons (Fsp3) is 0.462. The Balaban J connectivity index is 2.18. The maximum Gasteiger partial charge on any atom is 0.222 e. The lowest BCUT2D eigenvalue weighted by atomic mass is 10.0. The van der Waals surface area contributed by atoms with Crippen LogP contribution in [0.5, 0.6) is 0 Å². The van der Waals surface area contributed by atoms with E-state index in [1.54, 1.807) is 0 Å². The molecule has 0 bridgehead atoms. The molecular formula is C13H17ClN2O. The van der Waals surface area contributed by atoms with Crippen molar-refractivity contribution in [1.82, 2.24) is 0 Å². The molecule has 1 heterocycles. The van der Waals surface area contributed by atoms with Crippen LogP contribution in [-0.2, 0) is 11.2 Å². The third kappa shape index (κ3) is 3.13. The van der Waals surface area contributed by atoms with Gasteiger partial charge in [0.2, 0.25) is 5.91 Å². The Bertz CT molecular complexity index is 420. The number of anilines is 1. The summed E-state index contributed by atoms with van der Waals surface area (Å²) in [5.74, 6) is -0.286. The summed E-state index contributed by atoms with van der Waals surface area (Å²) >= 11 is 5.99. The predicted octanol–water partition coefficient (Wildman–Crippen LogP) is 2.58. The summed E-state index contributed by atoms with van der Waals surface area (Å²) in [6.45, 7) is 0.615. The number of carbonyl (C=O) groups excluding carboxylic acids is 1. The molecule has 1 aromatic rings. The maximum atomic E-state index is 11.3. The van der Waals surface area contributed by atoms with E-state index < -0.39 is 0 Å². The summed E-state index contributed by atoms with van der Waals surface area (Å²) in [7, 11) is 0. The number of amides is 1. The third-order valence-corrected chi connectivity index (χ3v) is 3.49. The number of carbonyl (C=O) groups is 1. The minimum atomic E-state index is -0.213. The largest absolute Gasteiger partial charge is 0.384 e. The number of rotatable bonds is 1. The molecule has 2 rings (SSSR count). The van der Waals surface area contributed by atoms with Crippen molar-refractivity contribution in [1.29, 1.82) is 0 Å². The average molecular weight is 253 g/mol. The second-order valence-electron chi connectivity index (χ2n) is 4.53. The van der Waals surface area contributed by atoms with E-state index >= 15 is 0 Å². The van der Waals surface area contributed by atoms with Gasteiger partial charge < -0.3 is 11.1 Å². The standard InChI is InChI=1S/C13H17ClN2O/c14-11-5-6-12-9(7-11)3-1-2-4-10(8-16-12)13(15)17/h5-7,10,16H,1-4,8H2,(H2,15,17)/t10-/m1/s1. The van der Waals surface area contributed by atoms with Crippen molar-refractivity contribution < 1.29 is 4.79 Å². The van der Waals surface area contributed by atoms with E-state index in [4.69, 9.17) is 17.3 Å². The van der Waals surface area contributed by atoms with Crippen molar-refractivity contribution in [2.75, 3.05) is 11.9 Å². The highest BCUT2D eigenvalue weighted by Gasteiger charge is 2.17. The van der Waals surface area contributed by atoms with Gasteiger partial charge in [-0.05, 0) is 43.0 Å². The first-order valence-electron chi connectivity index (χ1n) is 5.98. The summed E-state index contributed by atoms with van der Waals surface area (Å²) in [6.07, 6.45) is 3.96. The number of nitrogens with one attached hydrogen (secondary N) is 1. The van der Waals surface area contributed by atoms with Crippen LogP contribution in [0.15, 0.2) is 18.2 Å². The zero-order valence-electron chi connectivity index (χ0n) is 9.71. The number of fused-ring (bicyclic) bond motifs is 1. The Hall–Kier alpha value is -1.22. The smallest absolute Gasteiger partial charge is 0.222 e. The first kappa shape index (κ1) is 12.2. The molecule has 1 atom stereocenters. The number of hydrogen-bond acceptors (Lipinski definition) is 2. The Kier molecular flexibility index (Phi) is 3.89. The molecule has 4 heteroatoms. The van der Waals surface area contributed by atoms with Gasteiger partial charge in [0, 0.05) is 17.3 Å². The average Bonchev–Trinajstić information content (AvgIpc) is 2.38. The molecule has 0 aliphatic carbocycles. The molecule has 3 nitrogen and oxygen atoms in total. The molecule has 0 fully saturated rings. The molecule has 0 aromatic heterocycles. The van der Waals surface area contributed by atoms with Crippen LogP contribution >= 0.6 is 11.6 Å². The van der Waals surface area contributed by atoms with Crippen LogP contribution < -0.4 is 11.1 Å². The van der Waals surface area contributed by atoms with Crippen molar-refractivity contribution in [2.24, 2.45) is 11.7 Å². The summed E-state index contributed by atoms with van der Waals surface area (Å²) in [5.41, 5.74) is 7.68. The quantitative estimate of drug-likeness (QED) is 0.807. The highest BCUT2D eigenvalue weighted by atomic mass is 35.5. The van der Waals surface area contributed by atoms with Crippen molar-refractivity contribution in [3.05, 3.63) is 28.8 Å². The molecular weight excluding hydrogens is 236 g/mol. The van der Waals surface area contributed by atoms with Gasteiger partial charge in [-0.3, -0.25) is 4.79 Å². The van der Waals surface area contributed by atoms with E-state index in [2.05, 4.69) is 5.32 Å². The predicted molar refractivity (Wildman–Crippen MR) is 70.2 cm³/mol. The van der Waals surface area contributed by atoms with Crippen LogP contribution in [0, 0.1) is 5.92 Å². The maximum absolute atomic E-state index is 11.3. The molecule has 17 heavy (non-hydrogen) atoms. The van der Waals surface area contributed by atoms with Crippen LogP contribution in [-0.4, -0.2) is 12.5 Å². The van der Waals surface area contributed by atoms with Crippen LogP contribution in [0.4, 0.5) is 5.69 Å². The fourth-order valence-corrected chi connectivity index (χ4v) is 2.42. The molecule has 0 saturated carbocycles. The van der Waals surface area contributed by atoms with Gasteiger partial charge in [0.1, 0.15) is 0 Å². The van der Waals surface area contributed by atoms with Crippen molar-refractivity contribution in [2.45, 2.75) is 25.7 Å². The molecule has 92 valence electrons. The van der Waals surface area contributed by atoms with E-state index in [1.165, 1.54) is 5.56 Å². The summed E-state index contributed by atoms with van der Waals surface area (Å²) in [5, 5.41) is 4.06. The molecule has 1 aromatic carbocycles. The molecule has 1 aliphatic heterocycles. The minimum absolute atomic E-state index is 0.0726. The Morgan fingerprint density at radius 3 is 3.00 bits per heavy atom. The molecule has 0 spiro atoms. The Morgan fingerprint density at radius 2 is 2.24 bits per heavy atom. The zero-order valence-corrected chi connectivity index (χ0v) is 10.5. The number of nitrogens with two attached hydrogens (primary N) is 1. The summed E-state index contributed by atoms with van der Waals surface area (Å²) in [4.78, 5) is 11.3. The number of benzene rings is 1. The van der Waals surface area contributed by atoms with Crippen LogP contribution in [0.1, 0.15) is 24.8 Å². The second kappa shape index (κ2) is 5.41. The number of halogens is 1. The SMILES string of the molecule is NC(=O)[C@@H]1CCCCc2cc(Cl)ccc2NC1. The second-order valence-corrected chi connectivity index (χ2v) is 4.96. The van der Waals surface area contributed by atoms with E-state index in [9.17, 15) is 4.79 Å². The topological polar surface area (TPSA) is 55.1 Å². The first-order chi connectivity index (χ1) is 8.16. The van der Waals surface area contributed by atoms with Crippen LogP contribution in [0.2, 0.25) is 5.02 Å². The molecule has 0 unspecified atom stereocenters. The van der Waals surface area contributed by atoms with Gasteiger partial charge in [-0.1, -0.05) is 18.0 Å². The first-order valence-corrected chi connectivity index (χ1v) is 6.36. The lowest BCUT2D eigenvalue weighted by Gasteiger charge is -2.14. The lowest BCUT2D eigenvalue weighted by Crippen LogP contribution is -2.29. The zero-order chi connectivity index (χ0) is 12.3. The summed E-state index contributed by atoms with van der Waals surface area (Å²) in [6, 6.07) is 5.83. The number of primary amides is 1. The monoisotopic (exact) mass is 252 g/mol. The highest BCUT2D eigenvalue weighted by molar-refractivity contribution is 6.30. The van der Waals surface area contributed by atoms with Gasteiger partial charge in [-0.25, -0.2) is 0 Å². The number of hydrogen-bond donors (Lipinski definition) is 2. The normalized spacial score (nSPS) is 20.4. The minimum Gasteiger partial charge on any atom is -0.384 e. The fourth-order valence-electron chi connectivity index (χ4n) is 2.23. The van der Waals surface area contributed by atoms with Crippen molar-refractivity contribution in [3.8, 4) is 0 Å². The Morgan fingerprint density at radius 1 is 1.41 bits per heavy atom. The Labute approximate surface area is 106 Å². The van der Waals surface area contributed by atoms with E-state index in [0.717, 1.165) is 36.4 Å². The molecule has 3 N–H and O–H groups in total. The summed E-state index contributed by atoms with van der Waals surface area (Å²) < 4.78 is 0. The van der Waals surface area contributed by atoms with Gasteiger partial charge in [-0.2, -0.15) is 0 Å². The van der Waals surface area contributed by atoms with Gasteiger partial charge >= 0.3 is 0 Å². The molecule has 1 aliphatic rings. The van der Waals surface area contributed by atoms with E-state index in [0.29, 0.717) is 6.54 Å². The highest BCUT2D eigenvalue weighted by Crippen LogP contribution is 2.25. The van der Waals surface area contributed by atoms with Gasteiger partial charge in [0.15, 0.2) is 0 Å². The lowest BCUT2D eigenvalue weighted by molar-refractivity contribution is -0.121. The van der Waals surface area contributed by atoms with E-state index in [1.807, 2.05) is 18.2 Å². The van der Waals surface area contributed by atoms with Gasteiger partial charge in [0.25, 0.3) is 0 Å². The van der Waals surface area contributed by atoms with Gasteiger partial charge in [0.05, 0.1) is 5.92 Å². The molecule has 0 radical (unpaired) electrons. The van der Waals surface area contributed by atoms with Crippen molar-refractivity contribution >= 4 is 23.2 Å². The van der Waals surface area contributed by atoms with Gasteiger partial charge in [-0.15, -0.1) is 0 Å². The third-order valence-electron chi connectivity index (χ3n) is 3.26. The van der Waals surface area contributed by atoms with Crippen LogP contribution in [0.25, 0.3) is 0 Å². The number of aryl methyl sites for hydroxylation is 1. The van der Waals surface area contributed by atoms with E-state index in [-0.39, 0.29) is 11.8 Å². The molecule has 1 amide bonds. The van der Waals surface area contributed by atoms with Crippen LogP contribution in [0.3, 0.4) is 0 Å².